The van der Waals surface area contributed by atoms with Crippen molar-refractivity contribution in [3.8, 4) is 0 Å². The van der Waals surface area contributed by atoms with Gasteiger partial charge < -0.3 is 14.9 Å². The van der Waals surface area contributed by atoms with Crippen LogP contribution in [-0.4, -0.2) is 59.4 Å². The van der Waals surface area contributed by atoms with Gasteiger partial charge in [0.05, 0.1) is 12.5 Å². The SMILES string of the molecule is CN(CC(=O)N1CCCC(C(=O)O)C1)C(=O)c1sccc1Br. The van der Waals surface area contributed by atoms with Gasteiger partial charge in [-0.3, -0.25) is 14.4 Å². The average molecular weight is 389 g/mol. The van der Waals surface area contributed by atoms with Gasteiger partial charge in [0, 0.05) is 24.6 Å². The third kappa shape index (κ3) is 3.86. The van der Waals surface area contributed by atoms with Crippen LogP contribution in [0.5, 0.6) is 0 Å². The van der Waals surface area contributed by atoms with Crippen LogP contribution in [0, 0.1) is 5.92 Å². The van der Waals surface area contributed by atoms with Gasteiger partial charge in [0.2, 0.25) is 5.91 Å². The number of carboxylic acid groups (broad SMARTS) is 1. The zero-order chi connectivity index (χ0) is 16.3. The lowest BCUT2D eigenvalue weighted by atomic mass is 9.98. The van der Waals surface area contributed by atoms with E-state index in [9.17, 15) is 14.4 Å². The standard InChI is InChI=1S/C14H17BrN2O4S/c1-16(13(19)12-10(15)4-6-22-12)8-11(18)17-5-2-3-9(7-17)14(20)21/h4,6,9H,2-3,5,7-8H2,1H3,(H,20,21). The summed E-state index contributed by atoms with van der Waals surface area (Å²) >= 11 is 4.62. The van der Waals surface area contributed by atoms with Gasteiger partial charge in [-0.2, -0.15) is 0 Å². The Morgan fingerprint density at radius 3 is 2.82 bits per heavy atom. The lowest BCUT2D eigenvalue weighted by molar-refractivity contribution is -0.145. The maximum Gasteiger partial charge on any atom is 0.308 e. The van der Waals surface area contributed by atoms with E-state index in [1.54, 1.807) is 18.5 Å². The van der Waals surface area contributed by atoms with E-state index in [-0.39, 0.29) is 24.9 Å². The van der Waals surface area contributed by atoms with E-state index in [0.717, 1.165) is 0 Å². The molecule has 8 heteroatoms. The Morgan fingerprint density at radius 2 is 2.23 bits per heavy atom. The summed E-state index contributed by atoms with van der Waals surface area (Å²) in [6.07, 6.45) is 1.27. The molecule has 1 saturated heterocycles. The van der Waals surface area contributed by atoms with Crippen LogP contribution in [0.4, 0.5) is 0 Å². The fourth-order valence-electron chi connectivity index (χ4n) is 2.40. The average Bonchev–Trinajstić information content (AvgIpc) is 2.92. The van der Waals surface area contributed by atoms with Gasteiger partial charge in [0.25, 0.3) is 5.91 Å². The largest absolute Gasteiger partial charge is 0.481 e. The number of carbonyl (C=O) groups is 3. The van der Waals surface area contributed by atoms with Gasteiger partial charge in [-0.1, -0.05) is 0 Å². The number of nitrogens with zero attached hydrogens (tertiary/aromatic N) is 2. The molecule has 0 aliphatic carbocycles. The normalized spacial score (nSPS) is 18.1. The van der Waals surface area contributed by atoms with E-state index < -0.39 is 11.9 Å². The predicted octanol–water partition coefficient (Wildman–Crippen LogP) is 1.91. The summed E-state index contributed by atoms with van der Waals surface area (Å²) in [5, 5.41) is 10.9. The molecular formula is C14H17BrN2O4S. The minimum Gasteiger partial charge on any atom is -0.481 e. The number of carbonyl (C=O) groups excluding carboxylic acids is 2. The van der Waals surface area contributed by atoms with Gasteiger partial charge in [-0.05, 0) is 40.2 Å². The van der Waals surface area contributed by atoms with Gasteiger partial charge in [0.1, 0.15) is 4.88 Å². The monoisotopic (exact) mass is 388 g/mol. The molecule has 0 spiro atoms. The smallest absolute Gasteiger partial charge is 0.308 e. The molecule has 2 rings (SSSR count). The maximum atomic E-state index is 12.3. The second-order valence-corrected chi connectivity index (χ2v) is 7.05. The van der Waals surface area contributed by atoms with Crippen molar-refractivity contribution in [1.82, 2.24) is 9.80 Å². The summed E-state index contributed by atoms with van der Waals surface area (Å²) in [7, 11) is 1.57. The van der Waals surface area contributed by atoms with Crippen molar-refractivity contribution in [2.45, 2.75) is 12.8 Å². The molecule has 1 unspecified atom stereocenters. The molecule has 0 radical (unpaired) electrons. The summed E-state index contributed by atoms with van der Waals surface area (Å²) in [6.45, 7) is 0.724. The Balaban J connectivity index is 1.95. The first kappa shape index (κ1) is 17.0. The van der Waals surface area contributed by atoms with Gasteiger partial charge >= 0.3 is 5.97 Å². The second kappa shape index (κ2) is 7.23. The summed E-state index contributed by atoms with van der Waals surface area (Å²) in [5.41, 5.74) is 0. The number of piperidine rings is 1. The Kier molecular flexibility index (Phi) is 5.57. The fraction of sp³-hybridized carbons (Fsp3) is 0.500. The van der Waals surface area contributed by atoms with E-state index in [4.69, 9.17) is 5.11 Å². The molecule has 1 aliphatic rings. The molecule has 2 amide bonds. The summed E-state index contributed by atoms with van der Waals surface area (Å²) in [6, 6.07) is 1.79. The van der Waals surface area contributed by atoms with Crippen molar-refractivity contribution in [3.63, 3.8) is 0 Å². The molecule has 1 fully saturated rings. The Morgan fingerprint density at radius 1 is 1.50 bits per heavy atom. The predicted molar refractivity (Wildman–Crippen MR) is 85.9 cm³/mol. The molecule has 1 N–H and O–H groups in total. The highest BCUT2D eigenvalue weighted by molar-refractivity contribution is 9.10. The lowest BCUT2D eigenvalue weighted by Gasteiger charge is -2.32. The molecule has 1 aliphatic heterocycles. The third-order valence-electron chi connectivity index (χ3n) is 3.65. The van der Waals surface area contributed by atoms with Crippen LogP contribution in [0.1, 0.15) is 22.5 Å². The second-order valence-electron chi connectivity index (χ2n) is 5.28. The highest BCUT2D eigenvalue weighted by Gasteiger charge is 2.29. The fourth-order valence-corrected chi connectivity index (χ4v) is 3.93. The highest BCUT2D eigenvalue weighted by Crippen LogP contribution is 2.24. The first-order valence-electron chi connectivity index (χ1n) is 6.89. The Hall–Kier alpha value is -1.41. The van der Waals surface area contributed by atoms with Crippen molar-refractivity contribution in [2.24, 2.45) is 5.92 Å². The van der Waals surface area contributed by atoms with E-state index in [0.29, 0.717) is 28.7 Å². The van der Waals surface area contributed by atoms with Gasteiger partial charge in [0.15, 0.2) is 0 Å². The number of hydrogen-bond donors (Lipinski definition) is 1. The van der Waals surface area contributed by atoms with Crippen LogP contribution in [0.2, 0.25) is 0 Å². The molecular weight excluding hydrogens is 372 g/mol. The van der Waals surface area contributed by atoms with Crippen LogP contribution < -0.4 is 0 Å². The first-order chi connectivity index (χ1) is 10.4. The Bertz CT molecular complexity index is 589. The highest BCUT2D eigenvalue weighted by atomic mass is 79.9. The van der Waals surface area contributed by atoms with Crippen molar-refractivity contribution in [3.05, 3.63) is 20.8 Å². The molecule has 120 valence electrons. The van der Waals surface area contributed by atoms with Crippen LogP contribution >= 0.6 is 27.3 Å². The number of amides is 2. The molecule has 0 bridgehead atoms. The number of likely N-dealkylation sites (tertiary alicyclic amines) is 1. The van der Waals surface area contributed by atoms with Gasteiger partial charge in [-0.15, -0.1) is 11.3 Å². The van der Waals surface area contributed by atoms with Crippen LogP contribution in [0.15, 0.2) is 15.9 Å². The van der Waals surface area contributed by atoms with E-state index in [2.05, 4.69) is 15.9 Å². The molecule has 0 aromatic carbocycles. The minimum absolute atomic E-state index is 0.0461. The summed E-state index contributed by atoms with van der Waals surface area (Å²) < 4.78 is 0.714. The molecule has 6 nitrogen and oxygen atoms in total. The van der Waals surface area contributed by atoms with Crippen LogP contribution in [0.25, 0.3) is 0 Å². The number of halogens is 1. The van der Waals surface area contributed by atoms with Crippen LogP contribution in [0.3, 0.4) is 0 Å². The van der Waals surface area contributed by atoms with Crippen molar-refractivity contribution in [1.29, 1.82) is 0 Å². The van der Waals surface area contributed by atoms with Crippen molar-refractivity contribution in [2.75, 3.05) is 26.7 Å². The number of carboxylic acids is 1. The molecule has 22 heavy (non-hydrogen) atoms. The lowest BCUT2D eigenvalue weighted by Crippen LogP contribution is -2.46. The van der Waals surface area contributed by atoms with Crippen LogP contribution in [-0.2, 0) is 9.59 Å². The number of likely N-dealkylation sites (N-methyl/N-ethyl adjacent to an activating group) is 1. The quantitative estimate of drug-likeness (QED) is 0.854. The topological polar surface area (TPSA) is 77.9 Å². The zero-order valence-electron chi connectivity index (χ0n) is 12.1. The molecule has 0 saturated carbocycles. The maximum absolute atomic E-state index is 12.3. The molecule has 1 atom stereocenters. The number of aliphatic carboxylic acids is 1. The van der Waals surface area contributed by atoms with E-state index in [1.165, 1.54) is 21.1 Å². The van der Waals surface area contributed by atoms with Crippen molar-refractivity contribution >= 4 is 45.1 Å². The summed E-state index contributed by atoms with van der Waals surface area (Å²) in [5.74, 6) is -1.81. The molecule has 1 aromatic heterocycles. The first-order valence-corrected chi connectivity index (χ1v) is 8.56. The Labute approximate surface area is 140 Å². The third-order valence-corrected chi connectivity index (χ3v) is 5.48. The van der Waals surface area contributed by atoms with E-state index >= 15 is 0 Å². The number of rotatable bonds is 4. The number of hydrogen-bond acceptors (Lipinski definition) is 4. The van der Waals surface area contributed by atoms with Gasteiger partial charge in [-0.25, -0.2) is 0 Å². The molecule has 1 aromatic rings. The minimum atomic E-state index is -0.871. The van der Waals surface area contributed by atoms with Crippen molar-refractivity contribution < 1.29 is 19.5 Å². The number of thiophene rings is 1. The zero-order valence-corrected chi connectivity index (χ0v) is 14.5. The molecule has 2 heterocycles. The van der Waals surface area contributed by atoms with E-state index in [1.807, 2.05) is 0 Å². The summed E-state index contributed by atoms with van der Waals surface area (Å²) in [4.78, 5) is 39.0.